The van der Waals surface area contributed by atoms with E-state index in [0.717, 1.165) is 18.5 Å². The van der Waals surface area contributed by atoms with Gasteiger partial charge in [-0.2, -0.15) is 0 Å². The highest BCUT2D eigenvalue weighted by molar-refractivity contribution is 6.09. The molecule has 124 valence electrons. The fourth-order valence-corrected chi connectivity index (χ4v) is 4.03. The van der Waals surface area contributed by atoms with Gasteiger partial charge in [-0.25, -0.2) is 0 Å². The summed E-state index contributed by atoms with van der Waals surface area (Å²) < 4.78 is 5.34. The topological polar surface area (TPSA) is 70.7 Å². The quantitative estimate of drug-likeness (QED) is 0.940. The van der Waals surface area contributed by atoms with E-state index in [2.05, 4.69) is 6.07 Å². The van der Waals surface area contributed by atoms with Crippen molar-refractivity contribution in [2.24, 2.45) is 0 Å². The number of rotatable bonds is 3. The Morgan fingerprint density at radius 3 is 2.71 bits per heavy atom. The molecule has 1 spiro atoms. The fourth-order valence-electron chi connectivity index (χ4n) is 4.03. The van der Waals surface area contributed by atoms with Crippen molar-refractivity contribution in [1.29, 1.82) is 0 Å². The van der Waals surface area contributed by atoms with Crippen molar-refractivity contribution in [2.45, 2.75) is 38.0 Å². The molecule has 0 bridgehead atoms. The molecular weight excluding hydrogens is 306 g/mol. The van der Waals surface area contributed by atoms with Crippen LogP contribution in [-0.4, -0.2) is 23.5 Å². The van der Waals surface area contributed by atoms with Crippen LogP contribution in [0.4, 0.5) is 5.69 Å². The maximum absolute atomic E-state index is 13.2. The molecule has 4 rings (SSSR count). The lowest BCUT2D eigenvalue weighted by Crippen LogP contribution is -2.41. The zero-order chi connectivity index (χ0) is 16.9. The van der Waals surface area contributed by atoms with E-state index in [4.69, 9.17) is 9.52 Å². The molecule has 1 N–H and O–H groups in total. The minimum Gasteiger partial charge on any atom is -0.481 e. The summed E-state index contributed by atoms with van der Waals surface area (Å²) in [7, 11) is 0. The number of carboxylic acid groups (broad SMARTS) is 1. The average Bonchev–Trinajstić information content (AvgIpc) is 3.04. The van der Waals surface area contributed by atoms with Crippen molar-refractivity contribution in [3.63, 3.8) is 0 Å². The summed E-state index contributed by atoms with van der Waals surface area (Å²) in [5.74, 6) is -0.929. The fraction of sp³-hybridized carbons (Fsp3) is 0.368. The molecule has 0 unspecified atom stereocenters. The molecule has 0 radical (unpaired) electrons. The van der Waals surface area contributed by atoms with E-state index in [1.54, 1.807) is 11.8 Å². The zero-order valence-corrected chi connectivity index (χ0v) is 13.5. The molecule has 1 fully saturated rings. The molecule has 1 aliphatic carbocycles. The van der Waals surface area contributed by atoms with Crippen LogP contribution in [0.1, 0.15) is 46.5 Å². The Bertz CT molecular complexity index is 832. The Morgan fingerprint density at radius 1 is 1.29 bits per heavy atom. The molecule has 5 nitrogen and oxygen atoms in total. The monoisotopic (exact) mass is 325 g/mol. The van der Waals surface area contributed by atoms with Gasteiger partial charge in [0, 0.05) is 23.2 Å². The first-order valence-corrected chi connectivity index (χ1v) is 8.22. The highest BCUT2D eigenvalue weighted by Gasteiger charge is 2.48. The number of aryl methyl sites for hydroxylation is 1. The Balaban J connectivity index is 1.74. The second-order valence-electron chi connectivity index (χ2n) is 6.83. The van der Waals surface area contributed by atoms with Gasteiger partial charge in [0.05, 0.1) is 11.8 Å². The average molecular weight is 325 g/mol. The smallest absolute Gasteiger partial charge is 0.311 e. The number of carbonyl (C=O) groups excluding carboxylic acids is 1. The van der Waals surface area contributed by atoms with E-state index < -0.39 is 5.97 Å². The Kier molecular flexibility index (Phi) is 3.27. The van der Waals surface area contributed by atoms with Gasteiger partial charge in [0.25, 0.3) is 5.91 Å². The number of fused-ring (bicyclic) bond motifs is 2. The van der Waals surface area contributed by atoms with E-state index in [1.807, 2.05) is 18.2 Å². The number of hydrogen-bond donors (Lipinski definition) is 1. The van der Waals surface area contributed by atoms with E-state index in [9.17, 15) is 9.59 Å². The van der Waals surface area contributed by atoms with Gasteiger partial charge in [0.15, 0.2) is 0 Å². The summed E-state index contributed by atoms with van der Waals surface area (Å²) >= 11 is 0. The van der Waals surface area contributed by atoms with Gasteiger partial charge in [0.2, 0.25) is 0 Å². The van der Waals surface area contributed by atoms with Crippen LogP contribution in [0.2, 0.25) is 0 Å². The number of anilines is 1. The van der Waals surface area contributed by atoms with Gasteiger partial charge >= 0.3 is 5.97 Å². The van der Waals surface area contributed by atoms with Crippen LogP contribution in [0.25, 0.3) is 0 Å². The number of carbonyl (C=O) groups is 2. The molecule has 2 aromatic rings. The van der Waals surface area contributed by atoms with Crippen molar-refractivity contribution >= 4 is 17.6 Å². The third-order valence-electron chi connectivity index (χ3n) is 5.36. The molecule has 1 amide bonds. The highest BCUT2D eigenvalue weighted by atomic mass is 16.4. The first-order chi connectivity index (χ1) is 11.5. The highest BCUT2D eigenvalue weighted by Crippen LogP contribution is 2.52. The summed E-state index contributed by atoms with van der Waals surface area (Å²) in [5, 5.41) is 9.05. The Morgan fingerprint density at radius 2 is 2.04 bits per heavy atom. The Hall–Kier alpha value is -2.56. The number of carboxylic acids is 1. The first-order valence-electron chi connectivity index (χ1n) is 8.22. The SMILES string of the molecule is Cc1coc(CC(=O)O)c1C(=O)N1CC2(CCC2)c2ccccc21. The van der Waals surface area contributed by atoms with E-state index >= 15 is 0 Å². The predicted molar refractivity (Wildman–Crippen MR) is 88.4 cm³/mol. The molecule has 1 aromatic heterocycles. The van der Waals surface area contributed by atoms with Crippen molar-refractivity contribution in [3.8, 4) is 0 Å². The first kappa shape index (κ1) is 15.0. The molecule has 24 heavy (non-hydrogen) atoms. The van der Waals surface area contributed by atoms with Gasteiger partial charge in [-0.05, 0) is 31.4 Å². The van der Waals surface area contributed by atoms with Crippen LogP contribution < -0.4 is 4.90 Å². The van der Waals surface area contributed by atoms with Crippen molar-refractivity contribution < 1.29 is 19.1 Å². The number of benzene rings is 1. The lowest BCUT2D eigenvalue weighted by atomic mass is 9.66. The molecule has 1 aliphatic heterocycles. The lowest BCUT2D eigenvalue weighted by molar-refractivity contribution is -0.136. The lowest BCUT2D eigenvalue weighted by Gasteiger charge is -2.39. The third-order valence-corrected chi connectivity index (χ3v) is 5.36. The largest absolute Gasteiger partial charge is 0.481 e. The maximum atomic E-state index is 13.2. The van der Waals surface area contributed by atoms with Crippen molar-refractivity contribution in [2.75, 3.05) is 11.4 Å². The number of furan rings is 1. The molecule has 0 atom stereocenters. The summed E-state index contributed by atoms with van der Waals surface area (Å²) in [6.07, 6.45) is 4.56. The van der Waals surface area contributed by atoms with Crippen LogP contribution in [0.15, 0.2) is 34.9 Å². The normalized spacial score (nSPS) is 17.6. The standard InChI is InChI=1S/C19H19NO4/c1-12-10-24-15(9-16(21)22)17(12)18(23)20-11-19(7-4-8-19)13-5-2-3-6-14(13)20/h2-3,5-6,10H,4,7-9,11H2,1H3,(H,21,22). The second kappa shape index (κ2) is 5.23. The number of amides is 1. The summed E-state index contributed by atoms with van der Waals surface area (Å²) in [6.45, 7) is 2.45. The van der Waals surface area contributed by atoms with Gasteiger partial charge < -0.3 is 14.4 Å². The molecule has 2 aliphatic rings. The van der Waals surface area contributed by atoms with Crippen molar-refractivity contribution in [1.82, 2.24) is 0 Å². The summed E-state index contributed by atoms with van der Waals surface area (Å²) in [4.78, 5) is 26.0. The molecule has 1 aromatic carbocycles. The minimum absolute atomic E-state index is 0.0802. The van der Waals surface area contributed by atoms with Crippen LogP contribution in [0, 0.1) is 6.92 Å². The molecular formula is C19H19NO4. The van der Waals surface area contributed by atoms with E-state index in [0.29, 0.717) is 17.7 Å². The van der Waals surface area contributed by atoms with Gasteiger partial charge in [-0.15, -0.1) is 0 Å². The zero-order valence-electron chi connectivity index (χ0n) is 13.5. The number of hydrogen-bond acceptors (Lipinski definition) is 3. The predicted octanol–water partition coefficient (Wildman–Crippen LogP) is 3.30. The van der Waals surface area contributed by atoms with Crippen LogP contribution in [0.3, 0.4) is 0 Å². The minimum atomic E-state index is -1.00. The molecule has 2 heterocycles. The molecule has 1 saturated carbocycles. The van der Waals surface area contributed by atoms with Crippen LogP contribution >= 0.6 is 0 Å². The molecule has 0 saturated heterocycles. The number of para-hydroxylation sites is 1. The Labute approximate surface area is 139 Å². The van der Waals surface area contributed by atoms with Crippen LogP contribution in [0.5, 0.6) is 0 Å². The maximum Gasteiger partial charge on any atom is 0.311 e. The number of nitrogens with zero attached hydrogens (tertiary/aromatic N) is 1. The van der Waals surface area contributed by atoms with Crippen molar-refractivity contribution in [3.05, 3.63) is 53.0 Å². The van der Waals surface area contributed by atoms with E-state index in [-0.39, 0.29) is 23.5 Å². The summed E-state index contributed by atoms with van der Waals surface area (Å²) in [6, 6.07) is 8.05. The second-order valence-corrected chi connectivity index (χ2v) is 6.83. The van der Waals surface area contributed by atoms with Crippen LogP contribution in [-0.2, 0) is 16.6 Å². The molecule has 5 heteroatoms. The van der Waals surface area contributed by atoms with Gasteiger partial charge in [-0.3, -0.25) is 9.59 Å². The third kappa shape index (κ3) is 2.08. The summed E-state index contributed by atoms with van der Waals surface area (Å²) in [5.41, 5.74) is 3.35. The van der Waals surface area contributed by atoms with Gasteiger partial charge in [0.1, 0.15) is 12.2 Å². The van der Waals surface area contributed by atoms with E-state index in [1.165, 1.54) is 18.2 Å². The van der Waals surface area contributed by atoms with Gasteiger partial charge in [-0.1, -0.05) is 24.6 Å². The number of aliphatic carboxylic acids is 1.